The van der Waals surface area contributed by atoms with Crippen LogP contribution < -0.4 is 20.2 Å². The van der Waals surface area contributed by atoms with Crippen molar-refractivity contribution in [3.8, 4) is 11.5 Å². The van der Waals surface area contributed by atoms with Crippen molar-refractivity contribution < 1.29 is 14.3 Å². The number of anilines is 1. The fourth-order valence-electron chi connectivity index (χ4n) is 2.13. The zero-order valence-electron chi connectivity index (χ0n) is 14.2. The van der Waals surface area contributed by atoms with Crippen LogP contribution in [0.2, 0.25) is 5.02 Å². The standard InChI is InChI=1S/C18H21ClN2O4/c1-3-5-8-25-17-13(19)9-12(10-16(17)24-4-2)18(23)21-14-11-20-7-6-15(14)22/h6-7,9-11H,3-5,8H2,1-2H3,(H,20,22)(H,21,23). The summed E-state index contributed by atoms with van der Waals surface area (Å²) in [5.74, 6) is 0.365. The monoisotopic (exact) mass is 364 g/mol. The molecule has 0 aliphatic rings. The Bertz CT molecular complexity index is 789. The van der Waals surface area contributed by atoms with Gasteiger partial charge in [-0.2, -0.15) is 0 Å². The molecule has 0 atom stereocenters. The second-order valence-corrected chi connectivity index (χ2v) is 5.70. The summed E-state index contributed by atoms with van der Waals surface area (Å²) in [7, 11) is 0. The minimum absolute atomic E-state index is 0.157. The van der Waals surface area contributed by atoms with Gasteiger partial charge in [-0.05, 0) is 25.5 Å². The Balaban J connectivity index is 2.27. The van der Waals surface area contributed by atoms with Gasteiger partial charge < -0.3 is 19.8 Å². The van der Waals surface area contributed by atoms with Crippen LogP contribution in [0.3, 0.4) is 0 Å². The average Bonchev–Trinajstić information content (AvgIpc) is 2.59. The molecule has 134 valence electrons. The van der Waals surface area contributed by atoms with Crippen molar-refractivity contribution in [1.82, 2.24) is 4.98 Å². The Labute approximate surface area is 151 Å². The van der Waals surface area contributed by atoms with Crippen LogP contribution in [0.4, 0.5) is 5.69 Å². The van der Waals surface area contributed by atoms with Crippen molar-refractivity contribution in [3.63, 3.8) is 0 Å². The van der Waals surface area contributed by atoms with Gasteiger partial charge in [-0.25, -0.2) is 0 Å². The Morgan fingerprint density at radius 1 is 1.28 bits per heavy atom. The number of hydrogen-bond donors (Lipinski definition) is 2. The number of nitrogens with one attached hydrogen (secondary N) is 2. The van der Waals surface area contributed by atoms with Gasteiger partial charge in [0.2, 0.25) is 5.43 Å². The molecule has 1 aromatic heterocycles. The zero-order valence-corrected chi connectivity index (χ0v) is 15.0. The van der Waals surface area contributed by atoms with Crippen LogP contribution in [0, 0.1) is 0 Å². The van der Waals surface area contributed by atoms with Gasteiger partial charge >= 0.3 is 0 Å². The molecule has 2 rings (SSSR count). The van der Waals surface area contributed by atoms with Crippen LogP contribution in [0.15, 0.2) is 35.4 Å². The molecule has 25 heavy (non-hydrogen) atoms. The first-order valence-corrected chi connectivity index (χ1v) is 8.52. The SMILES string of the molecule is CCCCOc1c(Cl)cc(C(=O)Nc2c[nH]ccc2=O)cc1OCC. The number of carbonyl (C=O) groups is 1. The van der Waals surface area contributed by atoms with E-state index in [1.165, 1.54) is 24.5 Å². The maximum absolute atomic E-state index is 12.4. The van der Waals surface area contributed by atoms with Gasteiger partial charge in [-0.1, -0.05) is 24.9 Å². The molecule has 1 aromatic carbocycles. The lowest BCUT2D eigenvalue weighted by Gasteiger charge is -2.15. The number of aromatic amines is 1. The number of carbonyl (C=O) groups excluding carboxylic acids is 1. The summed E-state index contributed by atoms with van der Waals surface area (Å²) in [5, 5.41) is 2.84. The van der Waals surface area contributed by atoms with E-state index in [4.69, 9.17) is 21.1 Å². The highest BCUT2D eigenvalue weighted by molar-refractivity contribution is 6.32. The van der Waals surface area contributed by atoms with Gasteiger partial charge in [0.1, 0.15) is 5.69 Å². The van der Waals surface area contributed by atoms with Gasteiger partial charge in [0.05, 0.1) is 18.2 Å². The highest BCUT2D eigenvalue weighted by atomic mass is 35.5. The van der Waals surface area contributed by atoms with Crippen molar-refractivity contribution in [1.29, 1.82) is 0 Å². The minimum atomic E-state index is -0.459. The molecule has 0 aliphatic carbocycles. The molecule has 0 saturated carbocycles. The van der Waals surface area contributed by atoms with Crippen molar-refractivity contribution >= 4 is 23.2 Å². The van der Waals surface area contributed by atoms with E-state index in [1.54, 1.807) is 6.07 Å². The summed E-state index contributed by atoms with van der Waals surface area (Å²) in [6, 6.07) is 4.39. The number of benzene rings is 1. The third-order valence-electron chi connectivity index (χ3n) is 3.39. The molecule has 0 fully saturated rings. The quantitative estimate of drug-likeness (QED) is 0.697. The Morgan fingerprint density at radius 3 is 2.76 bits per heavy atom. The van der Waals surface area contributed by atoms with Crippen LogP contribution in [-0.4, -0.2) is 24.1 Å². The van der Waals surface area contributed by atoms with Gasteiger partial charge in [-0.3, -0.25) is 9.59 Å². The summed E-state index contributed by atoms with van der Waals surface area (Å²) in [5.41, 5.74) is 0.146. The maximum Gasteiger partial charge on any atom is 0.256 e. The smallest absolute Gasteiger partial charge is 0.256 e. The number of amides is 1. The van der Waals surface area contributed by atoms with E-state index >= 15 is 0 Å². The van der Waals surface area contributed by atoms with Crippen LogP contribution >= 0.6 is 11.6 Å². The number of hydrogen-bond acceptors (Lipinski definition) is 4. The normalized spacial score (nSPS) is 10.4. The number of aromatic nitrogens is 1. The molecular formula is C18H21ClN2O4. The summed E-state index contributed by atoms with van der Waals surface area (Å²) in [6.07, 6.45) is 4.80. The minimum Gasteiger partial charge on any atom is -0.490 e. The van der Waals surface area contributed by atoms with E-state index in [0.29, 0.717) is 24.7 Å². The van der Waals surface area contributed by atoms with E-state index in [-0.39, 0.29) is 21.7 Å². The first kappa shape index (κ1) is 18.9. The third kappa shape index (κ3) is 5.00. The van der Waals surface area contributed by atoms with Gasteiger partial charge in [0, 0.05) is 24.0 Å². The molecule has 7 heteroatoms. The van der Waals surface area contributed by atoms with Crippen molar-refractivity contribution in [2.45, 2.75) is 26.7 Å². The predicted molar refractivity (Wildman–Crippen MR) is 98.0 cm³/mol. The van der Waals surface area contributed by atoms with E-state index in [2.05, 4.69) is 17.2 Å². The van der Waals surface area contributed by atoms with Crippen molar-refractivity contribution in [2.75, 3.05) is 18.5 Å². The molecule has 0 spiro atoms. The van der Waals surface area contributed by atoms with Gasteiger partial charge in [0.25, 0.3) is 5.91 Å². The van der Waals surface area contributed by atoms with Gasteiger partial charge in [-0.15, -0.1) is 0 Å². The molecule has 0 radical (unpaired) electrons. The molecule has 1 heterocycles. The van der Waals surface area contributed by atoms with Crippen LogP contribution in [0.5, 0.6) is 11.5 Å². The largest absolute Gasteiger partial charge is 0.490 e. The molecule has 0 aliphatic heterocycles. The van der Waals surface area contributed by atoms with Crippen LogP contribution in [-0.2, 0) is 0 Å². The lowest BCUT2D eigenvalue weighted by molar-refractivity contribution is 0.102. The summed E-state index contributed by atoms with van der Waals surface area (Å²) in [6.45, 7) is 4.82. The summed E-state index contributed by atoms with van der Waals surface area (Å²) in [4.78, 5) is 26.9. The third-order valence-corrected chi connectivity index (χ3v) is 3.67. The lowest BCUT2D eigenvalue weighted by Crippen LogP contribution is -2.18. The van der Waals surface area contributed by atoms with Crippen LogP contribution in [0.1, 0.15) is 37.0 Å². The molecular weight excluding hydrogens is 344 g/mol. The second-order valence-electron chi connectivity index (χ2n) is 5.30. The van der Waals surface area contributed by atoms with E-state index in [0.717, 1.165) is 12.8 Å². The molecule has 1 amide bonds. The van der Waals surface area contributed by atoms with Crippen LogP contribution in [0.25, 0.3) is 0 Å². The molecule has 2 N–H and O–H groups in total. The maximum atomic E-state index is 12.4. The Kier molecular flexibility index (Phi) is 6.89. The number of ether oxygens (including phenoxy) is 2. The topological polar surface area (TPSA) is 80.4 Å². The fourth-order valence-corrected chi connectivity index (χ4v) is 2.39. The predicted octanol–water partition coefficient (Wildman–Crippen LogP) is 3.86. The summed E-state index contributed by atoms with van der Waals surface area (Å²) < 4.78 is 11.2. The van der Waals surface area contributed by atoms with Crippen molar-refractivity contribution in [3.05, 3.63) is 51.4 Å². The molecule has 0 unspecified atom stereocenters. The average molecular weight is 365 g/mol. The zero-order chi connectivity index (χ0) is 18.2. The number of halogens is 1. The highest BCUT2D eigenvalue weighted by Crippen LogP contribution is 2.37. The first-order chi connectivity index (χ1) is 12.1. The Hall–Kier alpha value is -2.47. The van der Waals surface area contributed by atoms with E-state index in [1.807, 2.05) is 6.92 Å². The highest BCUT2D eigenvalue weighted by Gasteiger charge is 2.17. The Morgan fingerprint density at radius 2 is 2.08 bits per heavy atom. The van der Waals surface area contributed by atoms with E-state index in [9.17, 15) is 9.59 Å². The fraction of sp³-hybridized carbons (Fsp3) is 0.333. The summed E-state index contributed by atoms with van der Waals surface area (Å²) >= 11 is 6.27. The molecule has 0 bridgehead atoms. The van der Waals surface area contributed by atoms with Gasteiger partial charge in [0.15, 0.2) is 11.5 Å². The lowest BCUT2D eigenvalue weighted by atomic mass is 10.1. The number of unbranched alkanes of at least 4 members (excludes halogenated alkanes) is 1. The van der Waals surface area contributed by atoms with E-state index < -0.39 is 5.91 Å². The number of H-pyrrole nitrogens is 1. The molecule has 0 saturated heterocycles. The molecule has 6 nitrogen and oxygen atoms in total. The molecule has 2 aromatic rings. The first-order valence-electron chi connectivity index (χ1n) is 8.14. The van der Waals surface area contributed by atoms with Crippen molar-refractivity contribution in [2.24, 2.45) is 0 Å². The number of rotatable bonds is 8. The second kappa shape index (κ2) is 9.13. The number of pyridine rings is 1.